The molecule has 3 aromatic heterocycles. The number of aromatic amines is 1. The van der Waals surface area contributed by atoms with E-state index in [0.717, 1.165) is 58.7 Å². The summed E-state index contributed by atoms with van der Waals surface area (Å²) in [7, 11) is 0. The van der Waals surface area contributed by atoms with Gasteiger partial charge in [-0.25, -0.2) is 9.97 Å². The van der Waals surface area contributed by atoms with Crippen LogP contribution in [0, 0.1) is 6.92 Å². The largest absolute Gasteiger partial charge is 0.456 e. The normalized spacial score (nSPS) is 16.6. The number of hydrogen-bond acceptors (Lipinski definition) is 7. The molecule has 0 amide bonds. The summed E-state index contributed by atoms with van der Waals surface area (Å²) in [4.78, 5) is 11.6. The Labute approximate surface area is 209 Å². The molecule has 1 aliphatic heterocycles. The first kappa shape index (κ1) is 22.5. The number of anilines is 1. The molecule has 8 nitrogen and oxygen atoms in total. The second-order valence-electron chi connectivity index (χ2n) is 9.46. The molecule has 1 aliphatic rings. The molecule has 4 heterocycles. The van der Waals surface area contributed by atoms with Gasteiger partial charge in [-0.05, 0) is 75.2 Å². The predicted octanol–water partition coefficient (Wildman–Crippen LogP) is 6.15. The lowest BCUT2D eigenvalue weighted by Gasteiger charge is -2.33. The quantitative estimate of drug-likeness (QED) is 0.287. The van der Waals surface area contributed by atoms with E-state index in [4.69, 9.17) is 9.15 Å². The van der Waals surface area contributed by atoms with Crippen molar-refractivity contribution in [2.45, 2.75) is 39.2 Å². The van der Waals surface area contributed by atoms with Crippen LogP contribution in [0.1, 0.15) is 31.7 Å². The number of hydrogen-bond donors (Lipinski definition) is 2. The van der Waals surface area contributed by atoms with E-state index >= 15 is 0 Å². The number of fused-ring (bicyclic) bond motifs is 2. The summed E-state index contributed by atoms with van der Waals surface area (Å²) in [5.41, 5.74) is 4.36. The van der Waals surface area contributed by atoms with Crippen LogP contribution >= 0.6 is 0 Å². The molecule has 36 heavy (non-hydrogen) atoms. The number of para-hydroxylation sites is 1. The average molecular weight is 483 g/mol. The molecule has 184 valence electrons. The van der Waals surface area contributed by atoms with Crippen molar-refractivity contribution in [2.75, 3.05) is 25.0 Å². The lowest BCUT2D eigenvalue weighted by Crippen LogP contribution is -2.42. The monoisotopic (exact) mass is 482 g/mol. The van der Waals surface area contributed by atoms with E-state index in [-0.39, 0.29) is 0 Å². The topological polar surface area (TPSA) is 92.1 Å². The van der Waals surface area contributed by atoms with Crippen molar-refractivity contribution < 1.29 is 9.15 Å². The Hall–Kier alpha value is -3.91. The van der Waals surface area contributed by atoms with E-state index in [1.165, 1.54) is 19.4 Å². The number of oxazole rings is 1. The van der Waals surface area contributed by atoms with Crippen molar-refractivity contribution >= 4 is 28.0 Å². The van der Waals surface area contributed by atoms with Crippen LogP contribution in [0.4, 0.5) is 5.82 Å². The Kier molecular flexibility index (Phi) is 6.03. The minimum absolute atomic E-state index is 0.351. The molecule has 0 bridgehead atoms. The SMILES string of the molecule is CCCN1CCC[C@@H](Nc2n[nH]c3nccc(Oc4ccc(-c5nc6cccc(C)c6o5)cc4)c23)C1. The van der Waals surface area contributed by atoms with Crippen molar-refractivity contribution in [3.8, 4) is 23.0 Å². The first-order valence-corrected chi connectivity index (χ1v) is 12.6. The molecule has 1 fully saturated rings. The summed E-state index contributed by atoms with van der Waals surface area (Å²) in [5.74, 6) is 2.82. The van der Waals surface area contributed by atoms with E-state index in [9.17, 15) is 0 Å². The zero-order valence-electron chi connectivity index (χ0n) is 20.6. The zero-order chi connectivity index (χ0) is 24.5. The zero-order valence-corrected chi connectivity index (χ0v) is 20.6. The van der Waals surface area contributed by atoms with Gasteiger partial charge in [-0.15, -0.1) is 0 Å². The standard InChI is InChI=1S/C28H30N6O2/c1-3-15-34-16-5-7-20(17-34)30-27-24-23(13-14-29-26(24)32-33-27)35-21-11-9-19(10-12-21)28-31-22-8-4-6-18(2)25(22)36-28/h4,6,8-14,20H,3,5,7,15-17H2,1-2H3,(H2,29,30,32,33)/t20-/m1/s1. The smallest absolute Gasteiger partial charge is 0.227 e. The number of rotatable bonds is 7. The minimum atomic E-state index is 0.351. The fourth-order valence-electron chi connectivity index (χ4n) is 5.00. The third-order valence-electron chi connectivity index (χ3n) is 6.75. The first-order valence-electron chi connectivity index (χ1n) is 12.6. The summed E-state index contributed by atoms with van der Waals surface area (Å²) in [6.45, 7) is 7.58. The Morgan fingerprint density at radius 3 is 2.89 bits per heavy atom. The fourth-order valence-corrected chi connectivity index (χ4v) is 5.00. The van der Waals surface area contributed by atoms with Crippen LogP contribution in [-0.4, -0.2) is 50.7 Å². The van der Waals surface area contributed by atoms with Crippen LogP contribution < -0.4 is 10.1 Å². The van der Waals surface area contributed by atoms with Gasteiger partial charge in [0.05, 0.1) is 0 Å². The summed E-state index contributed by atoms with van der Waals surface area (Å²) < 4.78 is 12.3. The summed E-state index contributed by atoms with van der Waals surface area (Å²) in [6.07, 6.45) is 5.22. The first-order chi connectivity index (χ1) is 17.7. The van der Waals surface area contributed by atoms with Crippen LogP contribution in [-0.2, 0) is 0 Å². The maximum Gasteiger partial charge on any atom is 0.227 e. The Balaban J connectivity index is 1.23. The van der Waals surface area contributed by atoms with Gasteiger partial charge >= 0.3 is 0 Å². The van der Waals surface area contributed by atoms with Crippen molar-refractivity contribution in [1.82, 2.24) is 25.1 Å². The highest BCUT2D eigenvalue weighted by atomic mass is 16.5. The summed E-state index contributed by atoms with van der Waals surface area (Å²) >= 11 is 0. The highest BCUT2D eigenvalue weighted by Crippen LogP contribution is 2.34. The van der Waals surface area contributed by atoms with E-state index in [1.54, 1.807) is 6.20 Å². The molecule has 0 saturated carbocycles. The molecular formula is C28H30N6O2. The number of aromatic nitrogens is 4. The highest BCUT2D eigenvalue weighted by molar-refractivity contribution is 5.93. The molecule has 0 unspecified atom stereocenters. The van der Waals surface area contributed by atoms with Crippen molar-refractivity contribution in [3.05, 3.63) is 60.3 Å². The molecule has 0 spiro atoms. The number of pyridine rings is 1. The number of ether oxygens (including phenoxy) is 1. The maximum atomic E-state index is 6.31. The number of aryl methyl sites for hydroxylation is 1. The summed E-state index contributed by atoms with van der Waals surface area (Å²) in [5, 5.41) is 12.1. The average Bonchev–Trinajstić information content (AvgIpc) is 3.51. The molecule has 1 atom stereocenters. The van der Waals surface area contributed by atoms with Gasteiger partial charge in [-0.2, -0.15) is 5.10 Å². The number of benzene rings is 2. The van der Waals surface area contributed by atoms with Crippen LogP contribution in [0.3, 0.4) is 0 Å². The maximum absolute atomic E-state index is 6.31. The minimum Gasteiger partial charge on any atom is -0.456 e. The van der Waals surface area contributed by atoms with Gasteiger partial charge in [-0.1, -0.05) is 19.1 Å². The predicted molar refractivity (Wildman–Crippen MR) is 142 cm³/mol. The lowest BCUT2D eigenvalue weighted by molar-refractivity contribution is 0.216. The number of likely N-dealkylation sites (tertiary alicyclic amines) is 1. The number of H-pyrrole nitrogens is 1. The van der Waals surface area contributed by atoms with Crippen LogP contribution in [0.25, 0.3) is 33.6 Å². The summed E-state index contributed by atoms with van der Waals surface area (Å²) in [6, 6.07) is 16.0. The Morgan fingerprint density at radius 2 is 2.06 bits per heavy atom. The van der Waals surface area contributed by atoms with Crippen molar-refractivity contribution in [1.29, 1.82) is 0 Å². The van der Waals surface area contributed by atoms with Gasteiger partial charge in [-0.3, -0.25) is 5.10 Å². The second kappa shape index (κ2) is 9.62. The van der Waals surface area contributed by atoms with E-state index < -0.39 is 0 Å². The van der Waals surface area contributed by atoms with E-state index in [1.807, 2.05) is 55.5 Å². The van der Waals surface area contributed by atoms with Crippen LogP contribution in [0.2, 0.25) is 0 Å². The molecule has 5 aromatic rings. The van der Waals surface area contributed by atoms with Gasteiger partial charge in [0.25, 0.3) is 0 Å². The van der Waals surface area contributed by atoms with E-state index in [2.05, 4.69) is 37.3 Å². The fraction of sp³-hybridized carbons (Fsp3) is 0.321. The third-order valence-corrected chi connectivity index (χ3v) is 6.75. The molecular weight excluding hydrogens is 452 g/mol. The molecule has 2 N–H and O–H groups in total. The number of nitrogens with zero attached hydrogens (tertiary/aromatic N) is 4. The highest BCUT2D eigenvalue weighted by Gasteiger charge is 2.22. The Morgan fingerprint density at radius 1 is 1.17 bits per heavy atom. The van der Waals surface area contributed by atoms with Gasteiger partial charge in [0.1, 0.15) is 22.4 Å². The van der Waals surface area contributed by atoms with Crippen LogP contribution in [0.5, 0.6) is 11.5 Å². The molecule has 0 aliphatic carbocycles. The van der Waals surface area contributed by atoms with Gasteiger partial charge in [0.15, 0.2) is 17.0 Å². The molecule has 0 radical (unpaired) electrons. The number of piperidine rings is 1. The van der Waals surface area contributed by atoms with Crippen LogP contribution in [0.15, 0.2) is 59.1 Å². The second-order valence-corrected chi connectivity index (χ2v) is 9.46. The van der Waals surface area contributed by atoms with Gasteiger partial charge in [0.2, 0.25) is 5.89 Å². The van der Waals surface area contributed by atoms with Crippen molar-refractivity contribution in [3.63, 3.8) is 0 Å². The third kappa shape index (κ3) is 4.40. The Bertz CT molecular complexity index is 1490. The lowest BCUT2D eigenvalue weighted by atomic mass is 10.1. The molecule has 2 aromatic carbocycles. The van der Waals surface area contributed by atoms with E-state index in [0.29, 0.717) is 23.3 Å². The number of nitrogens with one attached hydrogen (secondary N) is 2. The molecule has 8 heteroatoms. The van der Waals surface area contributed by atoms with Gasteiger partial charge < -0.3 is 19.4 Å². The molecule has 6 rings (SSSR count). The van der Waals surface area contributed by atoms with Crippen molar-refractivity contribution in [2.24, 2.45) is 0 Å². The van der Waals surface area contributed by atoms with Gasteiger partial charge in [0, 0.05) is 30.4 Å². The molecule has 1 saturated heterocycles.